The molecule has 0 radical (unpaired) electrons. The Morgan fingerprint density at radius 1 is 0.708 bits per heavy atom. The maximum Gasteiger partial charge on any atom is 0.272 e. The van der Waals surface area contributed by atoms with Gasteiger partial charge >= 0.3 is 0 Å². The Hall–Kier alpha value is -5.80. The van der Waals surface area contributed by atoms with Crippen LogP contribution in [0.5, 0.6) is 11.5 Å². The predicted molar refractivity (Wildman–Crippen MR) is 189 cm³/mol. The second-order valence-electron chi connectivity index (χ2n) is 11.0. The molecule has 0 saturated carbocycles. The van der Waals surface area contributed by atoms with E-state index >= 15 is 0 Å². The molecule has 0 aliphatic carbocycles. The van der Waals surface area contributed by atoms with E-state index in [0.29, 0.717) is 41.7 Å². The number of nitrogens with one attached hydrogen (secondary N) is 3. The van der Waals surface area contributed by atoms with Crippen LogP contribution < -0.4 is 25.4 Å². The molecule has 1 unspecified atom stereocenters. The number of carbonyl (C=O) groups excluding carboxylic acids is 3. The second kappa shape index (κ2) is 15.2. The van der Waals surface area contributed by atoms with Crippen LogP contribution in [0.1, 0.15) is 32.3 Å². The molecule has 5 aromatic carbocycles. The van der Waals surface area contributed by atoms with Crippen molar-refractivity contribution in [1.82, 2.24) is 5.32 Å². The van der Waals surface area contributed by atoms with Gasteiger partial charge in [-0.1, -0.05) is 72.8 Å². The molecule has 3 N–H and O–H groups in total. The van der Waals surface area contributed by atoms with Crippen molar-refractivity contribution in [2.75, 3.05) is 23.8 Å². The third-order valence-corrected chi connectivity index (χ3v) is 8.80. The summed E-state index contributed by atoms with van der Waals surface area (Å²) in [6, 6.07) is 38.5. The van der Waals surface area contributed by atoms with E-state index in [-0.39, 0.29) is 17.5 Å². The molecule has 0 fully saturated rings. The number of carbonyl (C=O) groups is 3. The maximum atomic E-state index is 13.6. The van der Waals surface area contributed by atoms with Gasteiger partial charge in [-0.05, 0) is 78.2 Å². The number of hydrogen-bond acceptors (Lipinski definition) is 6. The Morgan fingerprint density at radius 2 is 1.35 bits per heavy atom. The molecule has 0 bridgehead atoms. The zero-order chi connectivity index (χ0) is 33.3. The summed E-state index contributed by atoms with van der Waals surface area (Å²) < 4.78 is 11.3. The van der Waals surface area contributed by atoms with Crippen molar-refractivity contribution in [3.05, 3.63) is 155 Å². The maximum absolute atomic E-state index is 13.6. The van der Waals surface area contributed by atoms with Crippen LogP contribution in [0.2, 0.25) is 0 Å². The van der Waals surface area contributed by atoms with Gasteiger partial charge in [0.05, 0.1) is 0 Å². The van der Waals surface area contributed by atoms with Crippen LogP contribution in [0.25, 0.3) is 6.08 Å². The molecular formula is C39H33N3O5S. The van der Waals surface area contributed by atoms with Crippen LogP contribution in [0, 0.1) is 6.92 Å². The van der Waals surface area contributed by atoms with Gasteiger partial charge in [-0.15, -0.1) is 11.8 Å². The van der Waals surface area contributed by atoms with Crippen molar-refractivity contribution in [1.29, 1.82) is 0 Å². The van der Waals surface area contributed by atoms with E-state index in [1.807, 2.05) is 79.7 Å². The summed E-state index contributed by atoms with van der Waals surface area (Å²) in [6.07, 6.45) is 1.67. The molecule has 1 aliphatic rings. The lowest BCUT2D eigenvalue weighted by Gasteiger charge is -2.20. The molecular weight excluding hydrogens is 623 g/mol. The fraction of sp³-hybridized carbons (Fsp3) is 0.103. The molecule has 5 aromatic rings. The minimum Gasteiger partial charge on any atom is -0.486 e. The highest BCUT2D eigenvalue weighted by Gasteiger charge is 2.23. The van der Waals surface area contributed by atoms with Crippen molar-refractivity contribution in [3.8, 4) is 11.5 Å². The van der Waals surface area contributed by atoms with Gasteiger partial charge in [0.1, 0.15) is 24.2 Å². The number of fused-ring (bicyclic) bond motifs is 1. The van der Waals surface area contributed by atoms with Crippen LogP contribution in [-0.2, 0) is 9.59 Å². The van der Waals surface area contributed by atoms with Crippen molar-refractivity contribution in [3.63, 3.8) is 0 Å². The van der Waals surface area contributed by atoms with E-state index in [9.17, 15) is 14.4 Å². The summed E-state index contributed by atoms with van der Waals surface area (Å²) in [5.41, 5.74) is 4.30. The van der Waals surface area contributed by atoms with Crippen molar-refractivity contribution in [2.45, 2.75) is 17.1 Å². The number of aryl methyl sites for hydroxylation is 1. The van der Waals surface area contributed by atoms with E-state index in [1.165, 1.54) is 11.8 Å². The van der Waals surface area contributed by atoms with E-state index in [1.54, 1.807) is 60.7 Å². The number of anilines is 2. The Morgan fingerprint density at radius 3 is 2.08 bits per heavy atom. The van der Waals surface area contributed by atoms with E-state index < -0.39 is 11.2 Å². The average Bonchev–Trinajstić information content (AvgIpc) is 3.12. The van der Waals surface area contributed by atoms with Gasteiger partial charge in [0, 0.05) is 27.9 Å². The van der Waals surface area contributed by atoms with Gasteiger partial charge in [0.15, 0.2) is 11.5 Å². The van der Waals surface area contributed by atoms with E-state index in [0.717, 1.165) is 21.6 Å². The normalized spacial score (nSPS) is 12.8. The lowest BCUT2D eigenvalue weighted by Crippen LogP contribution is -2.30. The summed E-state index contributed by atoms with van der Waals surface area (Å²) in [5.74, 6) is 0.192. The highest BCUT2D eigenvalue weighted by Crippen LogP contribution is 2.38. The lowest BCUT2D eigenvalue weighted by atomic mass is 10.1. The van der Waals surface area contributed by atoms with Gasteiger partial charge in [0.25, 0.3) is 11.8 Å². The molecule has 0 saturated heterocycles. The fourth-order valence-corrected chi connectivity index (χ4v) is 6.05. The standard InChI is InChI=1S/C39H33N3O5S/c1-26-10-8-9-15-29(26)24-33(42-37(43)28-13-6-3-7-14-28)38(44)40-30-16-19-32(20-17-30)48-36(27-11-4-2-5-12-27)39(45)41-31-18-21-34-35(25-31)47-23-22-46-34/h2-21,24-25,36H,22-23H2,1H3,(H,40,44)(H,41,45)(H,42,43)/b33-24-. The third-order valence-electron chi connectivity index (χ3n) is 7.53. The van der Waals surface area contributed by atoms with Crippen LogP contribution in [0.4, 0.5) is 11.4 Å². The minimum atomic E-state index is -0.559. The summed E-state index contributed by atoms with van der Waals surface area (Å²) >= 11 is 1.39. The van der Waals surface area contributed by atoms with Crippen molar-refractivity contribution >= 4 is 46.9 Å². The van der Waals surface area contributed by atoms with Crippen LogP contribution in [-0.4, -0.2) is 30.9 Å². The summed E-state index contributed by atoms with van der Waals surface area (Å²) in [5, 5.41) is 8.14. The second-order valence-corrected chi connectivity index (χ2v) is 12.1. The first-order chi connectivity index (χ1) is 23.4. The number of benzene rings is 5. The van der Waals surface area contributed by atoms with Gasteiger partial charge < -0.3 is 25.4 Å². The number of thioether (sulfide) groups is 1. The number of rotatable bonds is 10. The van der Waals surface area contributed by atoms with Crippen LogP contribution in [0.15, 0.2) is 138 Å². The molecule has 3 amide bonds. The quantitative estimate of drug-likeness (QED) is 0.105. The molecule has 0 spiro atoms. The Kier molecular flexibility index (Phi) is 10.2. The summed E-state index contributed by atoms with van der Waals surface area (Å²) in [6.45, 7) is 2.88. The summed E-state index contributed by atoms with van der Waals surface area (Å²) in [4.78, 5) is 41.0. The first kappa shape index (κ1) is 32.2. The Bertz CT molecular complexity index is 1950. The van der Waals surface area contributed by atoms with E-state index in [4.69, 9.17) is 9.47 Å². The zero-order valence-corrected chi connectivity index (χ0v) is 27.0. The molecule has 0 aromatic heterocycles. The van der Waals surface area contributed by atoms with Gasteiger partial charge in [-0.25, -0.2) is 0 Å². The molecule has 1 aliphatic heterocycles. The Balaban J connectivity index is 1.18. The first-order valence-corrected chi connectivity index (χ1v) is 16.3. The molecule has 9 heteroatoms. The average molecular weight is 656 g/mol. The first-order valence-electron chi connectivity index (χ1n) is 15.4. The zero-order valence-electron chi connectivity index (χ0n) is 26.1. The monoisotopic (exact) mass is 655 g/mol. The van der Waals surface area contributed by atoms with Gasteiger partial charge in [-0.2, -0.15) is 0 Å². The minimum absolute atomic E-state index is 0.108. The largest absolute Gasteiger partial charge is 0.486 e. The van der Waals surface area contributed by atoms with Crippen LogP contribution in [0.3, 0.4) is 0 Å². The molecule has 1 atom stereocenters. The Labute approximate surface area is 283 Å². The molecule has 8 nitrogen and oxygen atoms in total. The van der Waals surface area contributed by atoms with Gasteiger partial charge in [-0.3, -0.25) is 14.4 Å². The molecule has 240 valence electrons. The number of ether oxygens (including phenoxy) is 2. The smallest absolute Gasteiger partial charge is 0.272 e. The fourth-order valence-electron chi connectivity index (χ4n) is 5.03. The molecule has 1 heterocycles. The SMILES string of the molecule is Cc1ccccc1/C=C(\NC(=O)c1ccccc1)C(=O)Nc1ccc(SC(C(=O)Nc2ccc3c(c2)OCCO3)c2ccccc2)cc1. The highest BCUT2D eigenvalue weighted by atomic mass is 32.2. The number of amides is 3. The van der Waals surface area contributed by atoms with Crippen molar-refractivity contribution < 1.29 is 23.9 Å². The lowest BCUT2D eigenvalue weighted by molar-refractivity contribution is -0.116. The topological polar surface area (TPSA) is 106 Å². The highest BCUT2D eigenvalue weighted by molar-refractivity contribution is 8.00. The molecule has 6 rings (SSSR count). The summed E-state index contributed by atoms with van der Waals surface area (Å²) in [7, 11) is 0. The van der Waals surface area contributed by atoms with Crippen molar-refractivity contribution in [2.24, 2.45) is 0 Å². The van der Waals surface area contributed by atoms with Gasteiger partial charge in [0.2, 0.25) is 5.91 Å². The van der Waals surface area contributed by atoms with Crippen LogP contribution >= 0.6 is 11.8 Å². The number of hydrogen-bond donors (Lipinski definition) is 3. The molecule has 48 heavy (non-hydrogen) atoms. The van der Waals surface area contributed by atoms with E-state index in [2.05, 4.69) is 16.0 Å². The predicted octanol–water partition coefficient (Wildman–Crippen LogP) is 7.65. The third kappa shape index (κ3) is 8.12.